The van der Waals surface area contributed by atoms with E-state index in [2.05, 4.69) is 10.3 Å². The number of carbonyl (C=O) groups is 1. The minimum Gasteiger partial charge on any atom is -0.368 e. The van der Waals surface area contributed by atoms with Gasteiger partial charge in [0.05, 0.1) is 12.6 Å². The van der Waals surface area contributed by atoms with Crippen LogP contribution in [0.5, 0.6) is 0 Å². The van der Waals surface area contributed by atoms with Crippen molar-refractivity contribution in [2.24, 2.45) is 12.8 Å². The molecule has 0 radical (unpaired) electrons. The van der Waals surface area contributed by atoms with Crippen LogP contribution in [0.4, 0.5) is 0 Å². The fourth-order valence-electron chi connectivity index (χ4n) is 0.912. The molecule has 1 aromatic rings. The van der Waals surface area contributed by atoms with Crippen LogP contribution in [-0.4, -0.2) is 21.5 Å². The second kappa shape index (κ2) is 4.04. The highest BCUT2D eigenvalue weighted by Gasteiger charge is 2.08. The van der Waals surface area contributed by atoms with Gasteiger partial charge in [0.2, 0.25) is 5.91 Å². The molecule has 0 aliphatic carbocycles. The highest BCUT2D eigenvalue weighted by Crippen LogP contribution is 1.93. The Balaban J connectivity index is 2.44. The van der Waals surface area contributed by atoms with Crippen molar-refractivity contribution in [3.05, 3.63) is 18.2 Å². The zero-order valence-corrected chi connectivity index (χ0v) is 7.82. The van der Waals surface area contributed by atoms with Crippen molar-refractivity contribution in [2.45, 2.75) is 19.5 Å². The van der Waals surface area contributed by atoms with Crippen LogP contribution in [0.25, 0.3) is 0 Å². The van der Waals surface area contributed by atoms with Crippen LogP contribution in [0.15, 0.2) is 12.4 Å². The highest BCUT2D eigenvalue weighted by molar-refractivity contribution is 5.79. The lowest BCUT2D eigenvalue weighted by molar-refractivity contribution is -0.119. The summed E-state index contributed by atoms with van der Waals surface area (Å²) in [6, 6.07) is -0.322. The van der Waals surface area contributed by atoms with Crippen LogP contribution in [0.1, 0.15) is 12.7 Å². The van der Waals surface area contributed by atoms with Crippen molar-refractivity contribution in [2.75, 3.05) is 0 Å². The molecule has 0 bridgehead atoms. The van der Waals surface area contributed by atoms with Crippen molar-refractivity contribution in [3.8, 4) is 0 Å². The maximum Gasteiger partial charge on any atom is 0.234 e. The van der Waals surface area contributed by atoms with Crippen molar-refractivity contribution < 1.29 is 4.79 Å². The first kappa shape index (κ1) is 9.73. The zero-order valence-electron chi connectivity index (χ0n) is 7.82. The van der Waals surface area contributed by atoms with E-state index in [1.807, 2.05) is 17.8 Å². The van der Waals surface area contributed by atoms with Crippen molar-refractivity contribution in [1.82, 2.24) is 14.9 Å². The highest BCUT2D eigenvalue weighted by atomic mass is 16.1. The molecule has 1 amide bonds. The number of aryl methyl sites for hydroxylation is 1. The number of hydrogen-bond donors (Lipinski definition) is 2. The van der Waals surface area contributed by atoms with Crippen molar-refractivity contribution in [1.29, 1.82) is 0 Å². The first-order valence-corrected chi connectivity index (χ1v) is 4.10. The average Bonchev–Trinajstić information content (AvgIpc) is 2.47. The van der Waals surface area contributed by atoms with E-state index in [4.69, 9.17) is 5.73 Å². The third-order valence-corrected chi connectivity index (χ3v) is 1.91. The maximum atomic E-state index is 10.7. The quantitative estimate of drug-likeness (QED) is 0.652. The Morgan fingerprint density at radius 2 is 2.54 bits per heavy atom. The first-order chi connectivity index (χ1) is 6.11. The number of carbonyl (C=O) groups excluding carboxylic acids is 1. The molecule has 0 aromatic carbocycles. The number of imidazole rings is 1. The Labute approximate surface area is 76.9 Å². The molecule has 1 unspecified atom stereocenters. The van der Waals surface area contributed by atoms with Crippen LogP contribution in [0.2, 0.25) is 0 Å². The van der Waals surface area contributed by atoms with Gasteiger partial charge in [-0.05, 0) is 6.92 Å². The van der Waals surface area contributed by atoms with Gasteiger partial charge in [0.1, 0.15) is 5.82 Å². The third-order valence-electron chi connectivity index (χ3n) is 1.91. The normalized spacial score (nSPS) is 12.8. The molecule has 0 aliphatic rings. The van der Waals surface area contributed by atoms with Gasteiger partial charge in [0.15, 0.2) is 0 Å². The molecule has 1 rings (SSSR count). The lowest BCUT2D eigenvalue weighted by Gasteiger charge is -2.09. The summed E-state index contributed by atoms with van der Waals surface area (Å²) in [5, 5.41) is 2.97. The molecule has 5 heteroatoms. The third kappa shape index (κ3) is 2.55. The maximum absolute atomic E-state index is 10.7. The molecule has 0 spiro atoms. The van der Waals surface area contributed by atoms with Gasteiger partial charge in [-0.1, -0.05) is 0 Å². The largest absolute Gasteiger partial charge is 0.368 e. The fourth-order valence-corrected chi connectivity index (χ4v) is 0.912. The molecular formula is C8H14N4O. The molecule has 1 heterocycles. The molecule has 0 saturated carbocycles. The van der Waals surface area contributed by atoms with Gasteiger partial charge in [-0.2, -0.15) is 0 Å². The summed E-state index contributed by atoms with van der Waals surface area (Å²) in [5.41, 5.74) is 5.08. The van der Waals surface area contributed by atoms with Crippen LogP contribution in [0, 0.1) is 0 Å². The first-order valence-electron chi connectivity index (χ1n) is 4.10. The number of amides is 1. The Bertz CT molecular complexity index is 294. The van der Waals surface area contributed by atoms with Gasteiger partial charge in [-0.25, -0.2) is 4.98 Å². The SMILES string of the molecule is CC(NCc1nccn1C)C(N)=O. The Morgan fingerprint density at radius 3 is 3.00 bits per heavy atom. The van der Waals surface area contributed by atoms with Crippen LogP contribution in [0.3, 0.4) is 0 Å². The van der Waals surface area contributed by atoms with E-state index >= 15 is 0 Å². The molecule has 0 saturated heterocycles. The smallest absolute Gasteiger partial charge is 0.234 e. The second-order valence-corrected chi connectivity index (χ2v) is 2.96. The molecule has 5 nitrogen and oxygen atoms in total. The van der Waals surface area contributed by atoms with Gasteiger partial charge < -0.3 is 10.3 Å². The van der Waals surface area contributed by atoms with Gasteiger partial charge >= 0.3 is 0 Å². The summed E-state index contributed by atoms with van der Waals surface area (Å²) in [6.07, 6.45) is 3.57. The lowest BCUT2D eigenvalue weighted by atomic mass is 10.3. The van der Waals surface area contributed by atoms with Gasteiger partial charge in [-0.3, -0.25) is 10.1 Å². The van der Waals surface area contributed by atoms with Gasteiger partial charge in [0, 0.05) is 19.4 Å². The lowest BCUT2D eigenvalue weighted by Crippen LogP contribution is -2.38. The number of hydrogen-bond acceptors (Lipinski definition) is 3. The number of rotatable bonds is 4. The summed E-state index contributed by atoms with van der Waals surface area (Å²) in [5.74, 6) is 0.530. The van der Waals surface area contributed by atoms with Crippen molar-refractivity contribution in [3.63, 3.8) is 0 Å². The molecule has 0 fully saturated rings. The van der Waals surface area contributed by atoms with E-state index in [0.29, 0.717) is 6.54 Å². The van der Waals surface area contributed by atoms with E-state index in [9.17, 15) is 4.79 Å². The predicted molar refractivity (Wildman–Crippen MR) is 48.7 cm³/mol. The summed E-state index contributed by atoms with van der Waals surface area (Å²) in [6.45, 7) is 2.28. The molecule has 1 aromatic heterocycles. The molecule has 72 valence electrons. The van der Waals surface area contributed by atoms with Gasteiger partial charge in [0.25, 0.3) is 0 Å². The Morgan fingerprint density at radius 1 is 1.85 bits per heavy atom. The topological polar surface area (TPSA) is 72.9 Å². The van der Waals surface area contributed by atoms with Crippen LogP contribution in [-0.2, 0) is 18.4 Å². The molecular weight excluding hydrogens is 168 g/mol. The van der Waals surface area contributed by atoms with Gasteiger partial charge in [-0.15, -0.1) is 0 Å². The molecule has 3 N–H and O–H groups in total. The molecule has 13 heavy (non-hydrogen) atoms. The molecule has 0 aliphatic heterocycles. The minimum absolute atomic E-state index is 0.322. The summed E-state index contributed by atoms with van der Waals surface area (Å²) in [4.78, 5) is 14.8. The Hall–Kier alpha value is -1.36. The van der Waals surface area contributed by atoms with E-state index in [1.54, 1.807) is 13.1 Å². The van der Waals surface area contributed by atoms with Crippen molar-refractivity contribution >= 4 is 5.91 Å². The second-order valence-electron chi connectivity index (χ2n) is 2.96. The van der Waals surface area contributed by atoms with E-state index in [-0.39, 0.29) is 11.9 Å². The fraction of sp³-hybridized carbons (Fsp3) is 0.500. The van der Waals surface area contributed by atoms with Crippen LogP contribution >= 0.6 is 0 Å². The summed E-state index contributed by atoms with van der Waals surface area (Å²) < 4.78 is 1.89. The molecule has 1 atom stereocenters. The number of nitrogens with one attached hydrogen (secondary N) is 1. The number of nitrogens with two attached hydrogens (primary N) is 1. The van der Waals surface area contributed by atoms with E-state index in [1.165, 1.54) is 0 Å². The summed E-state index contributed by atoms with van der Waals surface area (Å²) >= 11 is 0. The average molecular weight is 182 g/mol. The Kier molecular flexibility index (Phi) is 3.02. The number of primary amides is 1. The minimum atomic E-state index is -0.353. The zero-order chi connectivity index (χ0) is 9.84. The monoisotopic (exact) mass is 182 g/mol. The predicted octanol–water partition coefficient (Wildman–Crippen LogP) is -0.617. The number of aromatic nitrogens is 2. The summed E-state index contributed by atoms with van der Waals surface area (Å²) in [7, 11) is 1.90. The number of nitrogens with zero attached hydrogens (tertiary/aromatic N) is 2. The van der Waals surface area contributed by atoms with E-state index in [0.717, 1.165) is 5.82 Å². The van der Waals surface area contributed by atoms with Crippen LogP contribution < -0.4 is 11.1 Å². The standard InChI is InChI=1S/C8H14N4O/c1-6(8(9)13)11-5-7-10-3-4-12(7)2/h3-4,6,11H,5H2,1-2H3,(H2,9,13). The van der Waals surface area contributed by atoms with E-state index < -0.39 is 0 Å².